The summed E-state index contributed by atoms with van der Waals surface area (Å²) in [5.74, 6) is 0.709. The molecule has 1 aliphatic rings. The van der Waals surface area contributed by atoms with Gasteiger partial charge in [-0.3, -0.25) is 4.90 Å². The van der Waals surface area contributed by atoms with Crippen molar-refractivity contribution in [3.63, 3.8) is 0 Å². The molecule has 0 aromatic heterocycles. The summed E-state index contributed by atoms with van der Waals surface area (Å²) in [6, 6.07) is 6.88. The van der Waals surface area contributed by atoms with Crippen molar-refractivity contribution in [2.45, 2.75) is 52.1 Å². The summed E-state index contributed by atoms with van der Waals surface area (Å²) in [5, 5.41) is 0. The molecule has 0 amide bonds. The van der Waals surface area contributed by atoms with Gasteiger partial charge in [-0.1, -0.05) is 42.6 Å². The van der Waals surface area contributed by atoms with Crippen LogP contribution in [0.3, 0.4) is 0 Å². The van der Waals surface area contributed by atoms with Gasteiger partial charge in [0.05, 0.1) is 0 Å². The molecule has 19 heavy (non-hydrogen) atoms. The van der Waals surface area contributed by atoms with E-state index in [0.29, 0.717) is 5.92 Å². The molecule has 1 saturated carbocycles. The Bertz CT molecular complexity index is 411. The van der Waals surface area contributed by atoms with E-state index in [0.717, 1.165) is 18.3 Å². The lowest BCUT2D eigenvalue weighted by atomic mass is 10.1. The Hall–Kier alpha value is -0.540. The molecule has 0 unspecified atom stereocenters. The van der Waals surface area contributed by atoms with Crippen molar-refractivity contribution < 1.29 is 0 Å². The number of nitrogen functional groups attached to an aromatic ring is 1. The van der Waals surface area contributed by atoms with Crippen molar-refractivity contribution in [3.8, 4) is 0 Å². The summed E-state index contributed by atoms with van der Waals surface area (Å²) >= 11 is 3.65. The minimum absolute atomic E-state index is 0.709. The van der Waals surface area contributed by atoms with Gasteiger partial charge in [-0.15, -0.1) is 0 Å². The summed E-state index contributed by atoms with van der Waals surface area (Å²) in [5.41, 5.74) is 8.09. The van der Waals surface area contributed by atoms with Gasteiger partial charge in [-0.2, -0.15) is 0 Å². The monoisotopic (exact) mass is 324 g/mol. The highest BCUT2D eigenvalue weighted by Crippen LogP contribution is 2.28. The first-order valence-electron chi connectivity index (χ1n) is 7.34. The number of nitrogens with two attached hydrogens (primary N) is 1. The second kappa shape index (κ2) is 6.76. The fraction of sp³-hybridized carbons (Fsp3) is 0.625. The van der Waals surface area contributed by atoms with E-state index < -0.39 is 0 Å². The molecule has 0 spiro atoms. The first-order chi connectivity index (χ1) is 9.06. The van der Waals surface area contributed by atoms with Gasteiger partial charge in [0.15, 0.2) is 0 Å². The zero-order chi connectivity index (χ0) is 13.8. The molecule has 0 bridgehead atoms. The van der Waals surface area contributed by atoms with E-state index in [4.69, 9.17) is 5.73 Å². The van der Waals surface area contributed by atoms with Crippen LogP contribution in [-0.2, 0) is 6.54 Å². The van der Waals surface area contributed by atoms with Gasteiger partial charge in [0.1, 0.15) is 0 Å². The van der Waals surface area contributed by atoms with E-state index in [1.165, 1.54) is 42.3 Å². The molecule has 1 aromatic rings. The molecule has 3 heteroatoms. The normalized spacial score (nSPS) is 16.7. The summed E-state index contributed by atoms with van der Waals surface area (Å²) in [7, 11) is 0. The van der Waals surface area contributed by atoms with Crippen molar-refractivity contribution in [2.24, 2.45) is 5.92 Å². The largest absolute Gasteiger partial charge is 0.399 e. The van der Waals surface area contributed by atoms with Gasteiger partial charge in [0, 0.05) is 29.3 Å². The van der Waals surface area contributed by atoms with Crippen LogP contribution in [-0.4, -0.2) is 17.5 Å². The molecule has 106 valence electrons. The summed E-state index contributed by atoms with van der Waals surface area (Å²) in [6.07, 6.45) is 5.48. The first kappa shape index (κ1) is 14.9. The van der Waals surface area contributed by atoms with Crippen molar-refractivity contribution in [3.05, 3.63) is 28.2 Å². The molecule has 0 aliphatic heterocycles. The maximum absolute atomic E-state index is 5.92. The average molecular weight is 325 g/mol. The van der Waals surface area contributed by atoms with Gasteiger partial charge in [0.25, 0.3) is 0 Å². The molecule has 1 aromatic carbocycles. The predicted octanol–water partition coefficient (Wildman–Crippen LogP) is 4.43. The van der Waals surface area contributed by atoms with Crippen LogP contribution in [0.5, 0.6) is 0 Å². The number of rotatable bonds is 5. The molecule has 2 rings (SSSR count). The quantitative estimate of drug-likeness (QED) is 0.812. The molecule has 0 atom stereocenters. The van der Waals surface area contributed by atoms with Gasteiger partial charge in [0.2, 0.25) is 0 Å². The number of benzene rings is 1. The highest BCUT2D eigenvalue weighted by molar-refractivity contribution is 9.10. The van der Waals surface area contributed by atoms with E-state index in [9.17, 15) is 0 Å². The van der Waals surface area contributed by atoms with Crippen LogP contribution < -0.4 is 5.73 Å². The second-order valence-electron chi connectivity index (χ2n) is 6.11. The minimum Gasteiger partial charge on any atom is -0.399 e. The standard InChI is InChI=1S/C16H25BrN2/c1-12(2)10-19(15-5-3-4-6-15)11-13-9-14(18)7-8-16(13)17/h7-9,12,15H,3-6,10-11,18H2,1-2H3. The zero-order valence-electron chi connectivity index (χ0n) is 12.0. The fourth-order valence-electron chi connectivity index (χ4n) is 3.02. The molecule has 2 nitrogen and oxygen atoms in total. The third-order valence-corrected chi connectivity index (χ3v) is 4.66. The molecule has 0 saturated heterocycles. The van der Waals surface area contributed by atoms with Crippen LogP contribution in [0.15, 0.2) is 22.7 Å². The molecule has 1 fully saturated rings. The predicted molar refractivity (Wildman–Crippen MR) is 86.1 cm³/mol. The van der Waals surface area contributed by atoms with Crippen molar-refractivity contribution in [1.82, 2.24) is 4.90 Å². The molecule has 0 heterocycles. The number of hydrogen-bond acceptors (Lipinski definition) is 2. The van der Waals surface area contributed by atoms with Crippen molar-refractivity contribution in [1.29, 1.82) is 0 Å². The Balaban J connectivity index is 2.12. The van der Waals surface area contributed by atoms with Gasteiger partial charge in [-0.05, 0) is 42.5 Å². The fourth-order valence-corrected chi connectivity index (χ4v) is 3.39. The number of halogens is 1. The molecule has 0 radical (unpaired) electrons. The number of anilines is 1. The Morgan fingerprint density at radius 3 is 2.63 bits per heavy atom. The van der Waals surface area contributed by atoms with Crippen LogP contribution in [0.2, 0.25) is 0 Å². The average Bonchev–Trinajstić information content (AvgIpc) is 2.86. The van der Waals surface area contributed by atoms with Crippen LogP contribution >= 0.6 is 15.9 Å². The lowest BCUT2D eigenvalue weighted by Crippen LogP contribution is -2.35. The van der Waals surface area contributed by atoms with Crippen LogP contribution in [0, 0.1) is 5.92 Å². The van der Waals surface area contributed by atoms with E-state index in [2.05, 4.69) is 46.8 Å². The minimum atomic E-state index is 0.709. The Morgan fingerprint density at radius 1 is 1.32 bits per heavy atom. The lowest BCUT2D eigenvalue weighted by molar-refractivity contribution is 0.168. The zero-order valence-corrected chi connectivity index (χ0v) is 13.6. The first-order valence-corrected chi connectivity index (χ1v) is 8.13. The van der Waals surface area contributed by atoms with E-state index in [1.807, 2.05) is 6.07 Å². The van der Waals surface area contributed by atoms with Crippen molar-refractivity contribution in [2.75, 3.05) is 12.3 Å². The molecule has 1 aliphatic carbocycles. The third-order valence-electron chi connectivity index (χ3n) is 3.88. The highest BCUT2D eigenvalue weighted by atomic mass is 79.9. The van der Waals surface area contributed by atoms with Crippen LogP contribution in [0.1, 0.15) is 45.1 Å². The Kier molecular flexibility index (Phi) is 5.28. The van der Waals surface area contributed by atoms with E-state index >= 15 is 0 Å². The van der Waals surface area contributed by atoms with Crippen LogP contribution in [0.25, 0.3) is 0 Å². The maximum atomic E-state index is 5.92. The van der Waals surface area contributed by atoms with Gasteiger partial charge in [-0.25, -0.2) is 0 Å². The highest BCUT2D eigenvalue weighted by Gasteiger charge is 2.23. The number of nitrogens with zero attached hydrogens (tertiary/aromatic N) is 1. The second-order valence-corrected chi connectivity index (χ2v) is 6.97. The smallest absolute Gasteiger partial charge is 0.0318 e. The summed E-state index contributed by atoms with van der Waals surface area (Å²) in [6.45, 7) is 6.78. The Morgan fingerprint density at radius 2 is 2.00 bits per heavy atom. The van der Waals surface area contributed by atoms with Crippen LogP contribution in [0.4, 0.5) is 5.69 Å². The molecule has 2 N–H and O–H groups in total. The molecular formula is C16H25BrN2. The third kappa shape index (κ3) is 4.22. The summed E-state index contributed by atoms with van der Waals surface area (Å²) in [4.78, 5) is 2.65. The topological polar surface area (TPSA) is 29.3 Å². The SMILES string of the molecule is CC(C)CN(Cc1cc(N)ccc1Br)C1CCCC1. The van der Waals surface area contributed by atoms with E-state index in [1.54, 1.807) is 0 Å². The van der Waals surface area contributed by atoms with E-state index in [-0.39, 0.29) is 0 Å². The maximum Gasteiger partial charge on any atom is 0.0318 e. The number of hydrogen-bond donors (Lipinski definition) is 1. The Labute approximate surface area is 125 Å². The summed E-state index contributed by atoms with van der Waals surface area (Å²) < 4.78 is 1.17. The lowest BCUT2D eigenvalue weighted by Gasteiger charge is -2.31. The molecular weight excluding hydrogens is 300 g/mol. The van der Waals surface area contributed by atoms with Crippen molar-refractivity contribution >= 4 is 21.6 Å². The van der Waals surface area contributed by atoms with Gasteiger partial charge >= 0.3 is 0 Å². The van der Waals surface area contributed by atoms with Gasteiger partial charge < -0.3 is 5.73 Å².